The first kappa shape index (κ1) is 21.9. The van der Waals surface area contributed by atoms with Crippen molar-refractivity contribution >= 4 is 22.6 Å². The third-order valence-electron chi connectivity index (χ3n) is 6.30. The van der Waals surface area contributed by atoms with Gasteiger partial charge in [-0.25, -0.2) is 0 Å². The van der Waals surface area contributed by atoms with E-state index in [0.717, 1.165) is 48.7 Å². The van der Waals surface area contributed by atoms with Gasteiger partial charge in [-0.15, -0.1) is 0 Å². The lowest BCUT2D eigenvalue weighted by atomic mass is 9.94. The summed E-state index contributed by atoms with van der Waals surface area (Å²) in [6.45, 7) is 4.54. The fourth-order valence-electron chi connectivity index (χ4n) is 4.52. The third-order valence-corrected chi connectivity index (χ3v) is 6.30. The van der Waals surface area contributed by atoms with Crippen molar-refractivity contribution in [3.8, 4) is 16.9 Å². The van der Waals surface area contributed by atoms with Crippen LogP contribution in [0.15, 0.2) is 42.6 Å². The number of ether oxygens (including phenoxy) is 1. The molecular weight excluding hydrogens is 408 g/mol. The van der Waals surface area contributed by atoms with E-state index < -0.39 is 16.8 Å². The number of nitro benzene ring substituents is 1. The van der Waals surface area contributed by atoms with Crippen LogP contribution in [0.3, 0.4) is 0 Å². The maximum atomic E-state index is 12.0. The van der Waals surface area contributed by atoms with Gasteiger partial charge in [0.25, 0.3) is 0 Å². The zero-order chi connectivity index (χ0) is 22.8. The van der Waals surface area contributed by atoms with Gasteiger partial charge in [-0.3, -0.25) is 14.9 Å². The number of aromatic nitrogens is 1. The Balaban J connectivity index is 1.87. The summed E-state index contributed by atoms with van der Waals surface area (Å²) >= 11 is 0. The number of aryl methyl sites for hydroxylation is 1. The number of fused-ring (bicyclic) bond motifs is 1. The van der Waals surface area contributed by atoms with Gasteiger partial charge in [0.15, 0.2) is 0 Å². The molecule has 0 aliphatic heterocycles. The molecule has 2 aromatic carbocycles. The Kier molecular flexibility index (Phi) is 6.17. The summed E-state index contributed by atoms with van der Waals surface area (Å²) in [5.74, 6) is -1.30. The van der Waals surface area contributed by atoms with Gasteiger partial charge in [-0.05, 0) is 74.4 Å². The second-order valence-corrected chi connectivity index (χ2v) is 8.59. The zero-order valence-electron chi connectivity index (χ0n) is 18.4. The monoisotopic (exact) mass is 436 g/mol. The fraction of sp³-hybridized carbons (Fsp3) is 0.400. The SMILES string of the molecule is CCn1ccc2cc(-c3cc(CC(C)C(=O)O)cc([N+](=O)[O-])c3OC3CCCC3)ccc21. The first-order chi connectivity index (χ1) is 15.4. The van der Waals surface area contributed by atoms with E-state index in [1.54, 1.807) is 6.92 Å². The van der Waals surface area contributed by atoms with Crippen molar-refractivity contribution in [2.75, 3.05) is 0 Å². The molecule has 4 rings (SSSR count). The smallest absolute Gasteiger partial charge is 0.311 e. The Bertz CT molecular complexity index is 1160. The van der Waals surface area contributed by atoms with Crippen molar-refractivity contribution < 1.29 is 19.6 Å². The second kappa shape index (κ2) is 9.02. The van der Waals surface area contributed by atoms with E-state index in [9.17, 15) is 20.0 Å². The maximum absolute atomic E-state index is 12.0. The Morgan fingerprint density at radius 3 is 2.66 bits per heavy atom. The fourth-order valence-corrected chi connectivity index (χ4v) is 4.52. The summed E-state index contributed by atoms with van der Waals surface area (Å²) < 4.78 is 8.38. The molecule has 1 fully saturated rings. The number of carboxylic acids is 1. The molecule has 1 aliphatic carbocycles. The normalized spacial score (nSPS) is 15.2. The first-order valence-electron chi connectivity index (χ1n) is 11.2. The number of nitrogens with zero attached hydrogens (tertiary/aromatic N) is 2. The minimum Gasteiger partial charge on any atom is -0.483 e. The lowest BCUT2D eigenvalue weighted by Crippen LogP contribution is -2.15. The average Bonchev–Trinajstić information content (AvgIpc) is 3.43. The molecule has 0 radical (unpaired) electrons. The largest absolute Gasteiger partial charge is 0.483 e. The van der Waals surface area contributed by atoms with Crippen LogP contribution in [-0.4, -0.2) is 26.7 Å². The molecule has 168 valence electrons. The number of nitro groups is 1. The molecule has 1 unspecified atom stereocenters. The number of benzene rings is 2. The van der Waals surface area contributed by atoms with E-state index in [0.29, 0.717) is 11.1 Å². The van der Waals surface area contributed by atoms with Gasteiger partial charge < -0.3 is 14.4 Å². The van der Waals surface area contributed by atoms with Crippen molar-refractivity contribution in [1.29, 1.82) is 0 Å². The lowest BCUT2D eigenvalue weighted by Gasteiger charge is -2.19. The van der Waals surface area contributed by atoms with Crippen LogP contribution in [0, 0.1) is 16.0 Å². The number of hydrogen-bond acceptors (Lipinski definition) is 4. The highest BCUT2D eigenvalue weighted by Crippen LogP contribution is 2.42. The summed E-state index contributed by atoms with van der Waals surface area (Å²) in [5, 5.41) is 22.4. The van der Waals surface area contributed by atoms with Crippen molar-refractivity contribution in [3.05, 3.63) is 58.3 Å². The van der Waals surface area contributed by atoms with E-state index in [-0.39, 0.29) is 24.0 Å². The van der Waals surface area contributed by atoms with Crippen LogP contribution in [-0.2, 0) is 17.8 Å². The van der Waals surface area contributed by atoms with E-state index in [2.05, 4.69) is 11.5 Å². The summed E-state index contributed by atoms with van der Waals surface area (Å²) in [4.78, 5) is 23.0. The van der Waals surface area contributed by atoms with Crippen LogP contribution in [0.5, 0.6) is 5.75 Å². The number of carbonyl (C=O) groups is 1. The molecule has 0 saturated heterocycles. The minimum absolute atomic E-state index is 0.0406. The van der Waals surface area contributed by atoms with Gasteiger partial charge in [-0.2, -0.15) is 0 Å². The Labute approximate surface area is 186 Å². The highest BCUT2D eigenvalue weighted by atomic mass is 16.6. The number of hydrogen-bond donors (Lipinski definition) is 1. The minimum atomic E-state index is -0.928. The van der Waals surface area contributed by atoms with Crippen molar-refractivity contribution in [2.24, 2.45) is 5.92 Å². The standard InChI is InChI=1S/C25H28N2O5/c1-3-26-11-10-19-15-18(8-9-22(19)26)21-13-17(12-16(2)25(28)29)14-23(27(30)31)24(21)32-20-6-4-5-7-20/h8-11,13-16,20H,3-7,12H2,1-2H3,(H,28,29). The quantitative estimate of drug-likeness (QED) is 0.355. The summed E-state index contributed by atoms with van der Waals surface area (Å²) in [7, 11) is 0. The van der Waals surface area contributed by atoms with E-state index in [1.165, 1.54) is 6.07 Å². The highest BCUT2D eigenvalue weighted by molar-refractivity contribution is 5.88. The third kappa shape index (κ3) is 4.33. The molecule has 0 amide bonds. The molecule has 7 nitrogen and oxygen atoms in total. The molecule has 0 bridgehead atoms. The van der Waals surface area contributed by atoms with Gasteiger partial charge in [0.1, 0.15) is 0 Å². The molecule has 3 aromatic rings. The summed E-state index contributed by atoms with van der Waals surface area (Å²) in [6, 6.07) is 11.4. The maximum Gasteiger partial charge on any atom is 0.311 e. The van der Waals surface area contributed by atoms with E-state index >= 15 is 0 Å². The highest BCUT2D eigenvalue weighted by Gasteiger charge is 2.27. The molecule has 1 N–H and O–H groups in total. The topological polar surface area (TPSA) is 94.6 Å². The van der Waals surface area contributed by atoms with Crippen LogP contribution >= 0.6 is 0 Å². The van der Waals surface area contributed by atoms with Crippen molar-refractivity contribution in [2.45, 2.75) is 58.6 Å². The van der Waals surface area contributed by atoms with E-state index in [1.807, 2.05) is 36.5 Å². The van der Waals surface area contributed by atoms with Crippen molar-refractivity contribution in [3.63, 3.8) is 0 Å². The zero-order valence-corrected chi connectivity index (χ0v) is 18.4. The van der Waals surface area contributed by atoms with Gasteiger partial charge in [0.2, 0.25) is 5.75 Å². The predicted octanol–water partition coefficient (Wildman–Crippen LogP) is 5.82. The number of rotatable bonds is 8. The Morgan fingerprint density at radius 2 is 2.00 bits per heavy atom. The van der Waals surface area contributed by atoms with Crippen LogP contribution in [0.2, 0.25) is 0 Å². The van der Waals surface area contributed by atoms with Crippen molar-refractivity contribution in [1.82, 2.24) is 4.57 Å². The summed E-state index contributed by atoms with van der Waals surface area (Å²) in [5.41, 5.74) is 3.08. The predicted molar refractivity (Wildman–Crippen MR) is 123 cm³/mol. The van der Waals surface area contributed by atoms with Crippen LogP contribution in [0.1, 0.15) is 45.1 Å². The Hall–Kier alpha value is -3.35. The molecule has 1 saturated carbocycles. The lowest BCUT2D eigenvalue weighted by molar-refractivity contribution is -0.386. The molecule has 1 atom stereocenters. The van der Waals surface area contributed by atoms with Gasteiger partial charge in [-0.1, -0.05) is 13.0 Å². The molecule has 1 aliphatic rings. The van der Waals surface area contributed by atoms with Crippen LogP contribution in [0.4, 0.5) is 5.69 Å². The average molecular weight is 437 g/mol. The Morgan fingerprint density at radius 1 is 1.25 bits per heavy atom. The molecule has 1 heterocycles. The van der Waals surface area contributed by atoms with Gasteiger partial charge in [0.05, 0.1) is 16.9 Å². The van der Waals surface area contributed by atoms with Crippen LogP contribution in [0.25, 0.3) is 22.0 Å². The molecular formula is C25H28N2O5. The van der Waals surface area contributed by atoms with Crippen LogP contribution < -0.4 is 4.74 Å². The number of aliphatic carboxylic acids is 1. The van der Waals surface area contributed by atoms with E-state index in [4.69, 9.17) is 4.74 Å². The second-order valence-electron chi connectivity index (χ2n) is 8.59. The molecule has 0 spiro atoms. The van der Waals surface area contributed by atoms with Gasteiger partial charge >= 0.3 is 11.7 Å². The molecule has 32 heavy (non-hydrogen) atoms. The first-order valence-corrected chi connectivity index (χ1v) is 11.2. The molecule has 1 aromatic heterocycles. The van der Waals surface area contributed by atoms with Gasteiger partial charge in [0, 0.05) is 35.3 Å². The summed E-state index contributed by atoms with van der Waals surface area (Å²) in [6.07, 6.45) is 6.07. The molecule has 7 heteroatoms. The number of carboxylic acid groups (broad SMARTS) is 1.